The van der Waals surface area contributed by atoms with Crippen LogP contribution >= 0.6 is 27.3 Å². The molecule has 1 aromatic heterocycles. The quantitative estimate of drug-likeness (QED) is 0.210. The minimum Gasteiger partial charge on any atom is -0.494 e. The summed E-state index contributed by atoms with van der Waals surface area (Å²) in [5.74, 6) is 0.956. The number of hydrogen-bond donors (Lipinski definition) is 0. The largest absolute Gasteiger partial charge is 0.494 e. The van der Waals surface area contributed by atoms with Crippen LogP contribution in [0.3, 0.4) is 0 Å². The van der Waals surface area contributed by atoms with Gasteiger partial charge in [0.25, 0.3) is 0 Å². The Morgan fingerprint density at radius 2 is 1.28 bits per heavy atom. The van der Waals surface area contributed by atoms with E-state index in [1.165, 1.54) is 83.5 Å². The Hall–Kier alpha value is -0.870. The van der Waals surface area contributed by atoms with Gasteiger partial charge in [0.1, 0.15) is 5.75 Å². The molecule has 0 radical (unpaired) electrons. The van der Waals surface area contributed by atoms with E-state index in [1.807, 2.05) is 12.1 Å². The molecule has 0 unspecified atom stereocenters. The third kappa shape index (κ3) is 11.2. The smallest absolute Gasteiger partial charge is 0.159 e. The van der Waals surface area contributed by atoms with Crippen molar-refractivity contribution >= 4 is 27.3 Å². The van der Waals surface area contributed by atoms with E-state index in [4.69, 9.17) is 4.74 Å². The lowest BCUT2D eigenvalue weighted by molar-refractivity contribution is 0.304. The van der Waals surface area contributed by atoms with Crippen molar-refractivity contribution in [3.8, 4) is 17.0 Å². The second-order valence-corrected chi connectivity index (χ2v) is 10.1. The zero-order chi connectivity index (χ0) is 20.6. The summed E-state index contributed by atoms with van der Waals surface area (Å²) in [5, 5.41) is 2.06. The molecule has 162 valence electrons. The number of ether oxygens (including phenoxy) is 1. The maximum Gasteiger partial charge on any atom is 0.159 e. The van der Waals surface area contributed by atoms with Gasteiger partial charge in [0.05, 0.1) is 12.3 Å². The van der Waals surface area contributed by atoms with Crippen molar-refractivity contribution in [3.63, 3.8) is 0 Å². The first-order chi connectivity index (χ1) is 14.3. The third-order valence-electron chi connectivity index (χ3n) is 5.39. The fraction of sp³-hybridized carbons (Fsp3) is 0.640. The van der Waals surface area contributed by atoms with Crippen molar-refractivity contribution in [3.05, 3.63) is 33.6 Å². The SMILES string of the molecule is CCCCCCCCCCCCCCCCOc1ccc(-c2csc(Br)n2)cc1. The van der Waals surface area contributed by atoms with Gasteiger partial charge in [-0.2, -0.15) is 0 Å². The van der Waals surface area contributed by atoms with Crippen LogP contribution in [0.25, 0.3) is 11.3 Å². The summed E-state index contributed by atoms with van der Waals surface area (Å²) in [5.41, 5.74) is 2.15. The molecule has 0 atom stereocenters. The van der Waals surface area contributed by atoms with E-state index in [1.54, 1.807) is 11.3 Å². The fourth-order valence-corrected chi connectivity index (χ4v) is 4.61. The Labute approximate surface area is 190 Å². The van der Waals surface area contributed by atoms with E-state index in [2.05, 4.69) is 45.4 Å². The van der Waals surface area contributed by atoms with Crippen molar-refractivity contribution in [1.82, 2.24) is 4.98 Å². The molecule has 4 heteroatoms. The molecule has 0 aliphatic heterocycles. The van der Waals surface area contributed by atoms with Gasteiger partial charge in [0, 0.05) is 10.9 Å². The Morgan fingerprint density at radius 1 is 0.759 bits per heavy atom. The minimum absolute atomic E-state index is 0.819. The molecule has 0 amide bonds. The van der Waals surface area contributed by atoms with Crippen molar-refractivity contribution in [2.75, 3.05) is 6.61 Å². The monoisotopic (exact) mass is 479 g/mol. The first kappa shape index (κ1) is 24.4. The van der Waals surface area contributed by atoms with Crippen molar-refractivity contribution in [1.29, 1.82) is 0 Å². The number of thiazole rings is 1. The molecule has 2 aromatic rings. The van der Waals surface area contributed by atoms with Gasteiger partial charge in [-0.15, -0.1) is 11.3 Å². The Kier molecular flexibility index (Phi) is 13.4. The normalized spacial score (nSPS) is 11.1. The van der Waals surface area contributed by atoms with Gasteiger partial charge in [-0.25, -0.2) is 4.98 Å². The van der Waals surface area contributed by atoms with Crippen molar-refractivity contribution in [2.24, 2.45) is 0 Å². The molecule has 0 aliphatic rings. The van der Waals surface area contributed by atoms with Gasteiger partial charge in [0.15, 0.2) is 3.92 Å². The van der Waals surface area contributed by atoms with Crippen LogP contribution in [-0.4, -0.2) is 11.6 Å². The fourth-order valence-electron chi connectivity index (χ4n) is 3.59. The number of unbranched alkanes of at least 4 members (excludes halogenated alkanes) is 13. The molecule has 0 aliphatic carbocycles. The van der Waals surface area contributed by atoms with Crippen LogP contribution < -0.4 is 4.74 Å². The first-order valence-electron chi connectivity index (χ1n) is 11.6. The van der Waals surface area contributed by atoms with E-state index in [9.17, 15) is 0 Å². The summed E-state index contributed by atoms with van der Waals surface area (Å²) in [6.07, 6.45) is 19.4. The molecule has 1 heterocycles. The molecule has 2 rings (SSSR count). The third-order valence-corrected chi connectivity index (χ3v) is 6.76. The molecule has 0 saturated heterocycles. The van der Waals surface area contributed by atoms with Crippen LogP contribution in [0.15, 0.2) is 33.6 Å². The van der Waals surface area contributed by atoms with E-state index in [0.29, 0.717) is 0 Å². The van der Waals surface area contributed by atoms with Crippen LogP contribution in [0.1, 0.15) is 96.8 Å². The zero-order valence-corrected chi connectivity index (χ0v) is 20.5. The molecule has 0 saturated carbocycles. The van der Waals surface area contributed by atoms with E-state index in [-0.39, 0.29) is 0 Å². The average molecular weight is 481 g/mol. The van der Waals surface area contributed by atoms with Crippen LogP contribution in [0, 0.1) is 0 Å². The summed E-state index contributed by atoms with van der Waals surface area (Å²) >= 11 is 5.02. The van der Waals surface area contributed by atoms with E-state index >= 15 is 0 Å². The highest BCUT2D eigenvalue weighted by atomic mass is 79.9. The lowest BCUT2D eigenvalue weighted by atomic mass is 10.0. The van der Waals surface area contributed by atoms with Gasteiger partial charge in [0.2, 0.25) is 0 Å². The van der Waals surface area contributed by atoms with Gasteiger partial charge < -0.3 is 4.74 Å². The van der Waals surface area contributed by atoms with Crippen LogP contribution in [0.5, 0.6) is 5.75 Å². The minimum atomic E-state index is 0.819. The van der Waals surface area contributed by atoms with Gasteiger partial charge >= 0.3 is 0 Å². The van der Waals surface area contributed by atoms with Crippen LogP contribution in [0.4, 0.5) is 0 Å². The number of benzene rings is 1. The van der Waals surface area contributed by atoms with Crippen molar-refractivity contribution < 1.29 is 4.74 Å². The Bertz CT molecular complexity index is 641. The maximum atomic E-state index is 5.88. The molecule has 0 N–H and O–H groups in total. The highest BCUT2D eigenvalue weighted by Crippen LogP contribution is 2.26. The predicted molar refractivity (Wildman–Crippen MR) is 131 cm³/mol. The standard InChI is InChI=1S/C25H38BrNOS/c1-2-3-4-5-6-7-8-9-10-11-12-13-14-15-20-28-23-18-16-22(17-19-23)24-21-29-25(26)27-24/h16-19,21H,2-15,20H2,1H3. The van der Waals surface area contributed by atoms with Crippen LogP contribution in [-0.2, 0) is 0 Å². The summed E-state index contributed by atoms with van der Waals surface area (Å²) in [6.45, 7) is 3.11. The second kappa shape index (κ2) is 15.9. The molecule has 0 bridgehead atoms. The van der Waals surface area contributed by atoms with Crippen molar-refractivity contribution in [2.45, 2.75) is 96.8 Å². The predicted octanol–water partition coefficient (Wildman–Crippen LogP) is 9.43. The highest BCUT2D eigenvalue weighted by Gasteiger charge is 2.03. The van der Waals surface area contributed by atoms with Gasteiger partial charge in [-0.05, 0) is 46.6 Å². The summed E-state index contributed by atoms with van der Waals surface area (Å²) in [6, 6.07) is 8.27. The average Bonchev–Trinajstić information content (AvgIpc) is 3.17. The molecule has 0 spiro atoms. The number of aromatic nitrogens is 1. The maximum absolute atomic E-state index is 5.88. The topological polar surface area (TPSA) is 22.1 Å². The number of hydrogen-bond acceptors (Lipinski definition) is 3. The molecule has 2 nitrogen and oxygen atoms in total. The molecular formula is C25H38BrNOS. The van der Waals surface area contributed by atoms with E-state index in [0.717, 1.165) is 34.0 Å². The summed E-state index contributed by atoms with van der Waals surface area (Å²) in [7, 11) is 0. The second-order valence-electron chi connectivity index (χ2n) is 7.95. The molecule has 1 aromatic carbocycles. The Balaban J connectivity index is 1.39. The van der Waals surface area contributed by atoms with Crippen LogP contribution in [0.2, 0.25) is 0 Å². The summed E-state index contributed by atoms with van der Waals surface area (Å²) < 4.78 is 6.80. The van der Waals surface area contributed by atoms with E-state index < -0.39 is 0 Å². The first-order valence-corrected chi connectivity index (χ1v) is 13.3. The molecule has 0 fully saturated rings. The lowest BCUT2D eigenvalue weighted by Crippen LogP contribution is -1.97. The Morgan fingerprint density at radius 3 is 1.76 bits per heavy atom. The molecular weight excluding hydrogens is 442 g/mol. The lowest BCUT2D eigenvalue weighted by Gasteiger charge is -2.07. The van der Waals surface area contributed by atoms with Gasteiger partial charge in [-0.1, -0.05) is 90.4 Å². The summed E-state index contributed by atoms with van der Waals surface area (Å²) in [4.78, 5) is 4.45. The van der Waals surface area contributed by atoms with Gasteiger partial charge in [-0.3, -0.25) is 0 Å². The molecule has 29 heavy (non-hydrogen) atoms. The highest BCUT2D eigenvalue weighted by molar-refractivity contribution is 9.11. The number of nitrogens with zero attached hydrogens (tertiary/aromatic N) is 1. The zero-order valence-electron chi connectivity index (χ0n) is 18.1. The number of rotatable bonds is 17. The number of halogens is 1.